The fourth-order valence-electron chi connectivity index (χ4n) is 2.90. The van der Waals surface area contributed by atoms with Crippen LogP contribution in [0.15, 0.2) is 48.5 Å². The molecule has 0 unspecified atom stereocenters. The topological polar surface area (TPSA) is 41.9 Å². The number of hydrogen-bond donors (Lipinski definition) is 1. The highest BCUT2D eigenvalue weighted by atomic mass is 16.5. The van der Waals surface area contributed by atoms with E-state index < -0.39 is 0 Å². The lowest BCUT2D eigenvalue weighted by atomic mass is 10.1. The summed E-state index contributed by atoms with van der Waals surface area (Å²) in [6.45, 7) is 5.25. The molecule has 0 saturated carbocycles. The van der Waals surface area contributed by atoms with Gasteiger partial charge in [-0.2, -0.15) is 0 Å². The summed E-state index contributed by atoms with van der Waals surface area (Å²) in [5.74, 6) is 1.02. The third-order valence-electron chi connectivity index (χ3n) is 4.33. The van der Waals surface area contributed by atoms with Crippen molar-refractivity contribution in [2.75, 3.05) is 32.8 Å². The second-order valence-electron chi connectivity index (χ2n) is 6.12. The Balaban J connectivity index is 1.47. The van der Waals surface area contributed by atoms with Crippen LogP contribution < -0.4 is 4.74 Å². The van der Waals surface area contributed by atoms with Crippen molar-refractivity contribution >= 4 is 0 Å². The summed E-state index contributed by atoms with van der Waals surface area (Å²) < 4.78 is 11.1. The highest BCUT2D eigenvalue weighted by Crippen LogP contribution is 2.25. The number of phenolic OH excluding ortho intramolecular Hbond substituents is 1. The second-order valence-corrected chi connectivity index (χ2v) is 6.12. The van der Waals surface area contributed by atoms with E-state index in [9.17, 15) is 5.11 Å². The Morgan fingerprint density at radius 2 is 1.83 bits per heavy atom. The zero-order valence-corrected chi connectivity index (χ0v) is 14.0. The number of benzene rings is 2. The third-order valence-corrected chi connectivity index (χ3v) is 4.33. The highest BCUT2D eigenvalue weighted by Gasteiger charge is 2.10. The van der Waals surface area contributed by atoms with Gasteiger partial charge in [-0.25, -0.2) is 0 Å². The molecular weight excluding hydrogens is 302 g/mol. The van der Waals surface area contributed by atoms with Gasteiger partial charge in [-0.1, -0.05) is 36.4 Å². The van der Waals surface area contributed by atoms with E-state index in [0.29, 0.717) is 18.1 Å². The Hall–Kier alpha value is -2.04. The van der Waals surface area contributed by atoms with E-state index in [1.807, 2.05) is 42.5 Å². The van der Waals surface area contributed by atoms with Crippen molar-refractivity contribution in [3.8, 4) is 11.5 Å². The van der Waals surface area contributed by atoms with Crippen LogP contribution in [-0.2, 0) is 17.8 Å². The number of rotatable bonds is 7. The lowest BCUT2D eigenvalue weighted by Gasteiger charge is -2.26. The Morgan fingerprint density at radius 3 is 2.58 bits per heavy atom. The second kappa shape index (κ2) is 8.71. The molecule has 1 aliphatic rings. The first-order valence-electron chi connectivity index (χ1n) is 8.60. The smallest absolute Gasteiger partial charge is 0.123 e. The molecule has 1 heterocycles. The van der Waals surface area contributed by atoms with E-state index in [0.717, 1.165) is 56.8 Å². The molecule has 24 heavy (non-hydrogen) atoms. The van der Waals surface area contributed by atoms with Crippen LogP contribution in [0.5, 0.6) is 11.5 Å². The van der Waals surface area contributed by atoms with Crippen LogP contribution in [0.25, 0.3) is 0 Å². The van der Waals surface area contributed by atoms with Crippen molar-refractivity contribution in [3.05, 3.63) is 59.7 Å². The fourth-order valence-corrected chi connectivity index (χ4v) is 2.90. The summed E-state index contributed by atoms with van der Waals surface area (Å²) in [7, 11) is 0. The molecule has 0 radical (unpaired) electrons. The zero-order chi connectivity index (χ0) is 16.6. The maximum Gasteiger partial charge on any atom is 0.123 e. The third kappa shape index (κ3) is 4.98. The van der Waals surface area contributed by atoms with Crippen LogP contribution in [0.2, 0.25) is 0 Å². The molecule has 0 aromatic heterocycles. The Bertz CT molecular complexity index is 624. The normalized spacial score (nSPS) is 15.3. The first-order chi connectivity index (χ1) is 11.8. The minimum atomic E-state index is 0.322. The van der Waals surface area contributed by atoms with Crippen LogP contribution in [0.1, 0.15) is 17.5 Å². The summed E-state index contributed by atoms with van der Waals surface area (Å²) in [6.07, 6.45) is 1.92. The molecule has 1 aliphatic heterocycles. The number of aromatic hydroxyl groups is 1. The monoisotopic (exact) mass is 327 g/mol. The van der Waals surface area contributed by atoms with Crippen molar-refractivity contribution in [3.63, 3.8) is 0 Å². The highest BCUT2D eigenvalue weighted by molar-refractivity contribution is 5.39. The van der Waals surface area contributed by atoms with Gasteiger partial charge in [0.05, 0.1) is 13.2 Å². The Labute approximate surface area is 143 Å². The first-order valence-corrected chi connectivity index (χ1v) is 8.60. The molecule has 4 heteroatoms. The minimum Gasteiger partial charge on any atom is -0.508 e. The van der Waals surface area contributed by atoms with Gasteiger partial charge in [-0.15, -0.1) is 0 Å². The van der Waals surface area contributed by atoms with Gasteiger partial charge in [0.2, 0.25) is 0 Å². The van der Waals surface area contributed by atoms with Gasteiger partial charge < -0.3 is 14.6 Å². The molecule has 0 atom stereocenters. The maximum absolute atomic E-state index is 10.2. The summed E-state index contributed by atoms with van der Waals surface area (Å²) in [4.78, 5) is 2.41. The van der Waals surface area contributed by atoms with Gasteiger partial charge in [-0.3, -0.25) is 4.90 Å². The summed E-state index contributed by atoms with van der Waals surface area (Å²) in [6, 6.07) is 15.6. The van der Waals surface area contributed by atoms with Gasteiger partial charge in [0.15, 0.2) is 0 Å². The number of nitrogens with zero attached hydrogens (tertiary/aromatic N) is 1. The maximum atomic E-state index is 10.2. The van der Waals surface area contributed by atoms with E-state index in [1.54, 1.807) is 6.07 Å². The average molecular weight is 327 g/mol. The number of morpholine rings is 1. The number of aryl methyl sites for hydroxylation is 1. The predicted octanol–water partition coefficient (Wildman–Crippen LogP) is 3.24. The van der Waals surface area contributed by atoms with Crippen LogP contribution >= 0.6 is 0 Å². The summed E-state index contributed by atoms with van der Waals surface area (Å²) in [5.41, 5.74) is 2.10. The molecular formula is C20H25NO3. The Kier molecular flexibility index (Phi) is 6.10. The number of hydrogen-bond acceptors (Lipinski definition) is 4. The van der Waals surface area contributed by atoms with Crippen molar-refractivity contribution in [1.29, 1.82) is 0 Å². The van der Waals surface area contributed by atoms with Crippen molar-refractivity contribution in [1.82, 2.24) is 4.90 Å². The molecule has 0 aliphatic carbocycles. The largest absolute Gasteiger partial charge is 0.508 e. The van der Waals surface area contributed by atoms with Crippen LogP contribution in [-0.4, -0.2) is 42.9 Å². The van der Waals surface area contributed by atoms with E-state index >= 15 is 0 Å². The van der Waals surface area contributed by atoms with Gasteiger partial charge in [0, 0.05) is 19.2 Å². The van der Waals surface area contributed by atoms with Gasteiger partial charge in [-0.05, 0) is 36.6 Å². The van der Waals surface area contributed by atoms with E-state index in [1.165, 1.54) is 0 Å². The predicted molar refractivity (Wildman–Crippen MR) is 94.5 cm³/mol. The van der Waals surface area contributed by atoms with E-state index in [4.69, 9.17) is 9.47 Å². The van der Waals surface area contributed by atoms with Crippen molar-refractivity contribution < 1.29 is 14.6 Å². The molecule has 128 valence electrons. The average Bonchev–Trinajstić information content (AvgIpc) is 2.63. The first kappa shape index (κ1) is 16.8. The number of phenols is 1. The molecule has 0 amide bonds. The molecule has 0 bridgehead atoms. The summed E-state index contributed by atoms with van der Waals surface area (Å²) >= 11 is 0. The lowest BCUT2D eigenvalue weighted by molar-refractivity contribution is 0.0374. The van der Waals surface area contributed by atoms with Crippen LogP contribution in [0, 0.1) is 0 Å². The SMILES string of the molecule is Oc1cc(OCc2ccccc2)ccc1CCCN1CCOCC1. The molecule has 1 fully saturated rings. The minimum absolute atomic E-state index is 0.322. The van der Waals surface area contributed by atoms with Crippen molar-refractivity contribution in [2.24, 2.45) is 0 Å². The van der Waals surface area contributed by atoms with Gasteiger partial charge in [0.1, 0.15) is 18.1 Å². The lowest BCUT2D eigenvalue weighted by Crippen LogP contribution is -2.36. The number of ether oxygens (including phenoxy) is 2. The summed E-state index contributed by atoms with van der Waals surface area (Å²) in [5, 5.41) is 10.2. The molecule has 2 aromatic rings. The molecule has 3 rings (SSSR count). The van der Waals surface area contributed by atoms with E-state index in [-0.39, 0.29) is 0 Å². The van der Waals surface area contributed by atoms with E-state index in [2.05, 4.69) is 4.90 Å². The van der Waals surface area contributed by atoms with Gasteiger partial charge in [0.25, 0.3) is 0 Å². The van der Waals surface area contributed by atoms with Crippen molar-refractivity contribution in [2.45, 2.75) is 19.4 Å². The molecule has 4 nitrogen and oxygen atoms in total. The Morgan fingerprint density at radius 1 is 1.04 bits per heavy atom. The molecule has 1 saturated heterocycles. The van der Waals surface area contributed by atoms with Crippen LogP contribution in [0.4, 0.5) is 0 Å². The van der Waals surface area contributed by atoms with Gasteiger partial charge >= 0.3 is 0 Å². The fraction of sp³-hybridized carbons (Fsp3) is 0.400. The molecule has 0 spiro atoms. The zero-order valence-electron chi connectivity index (χ0n) is 14.0. The quantitative estimate of drug-likeness (QED) is 0.848. The molecule has 2 aromatic carbocycles. The van der Waals surface area contributed by atoms with Crippen LogP contribution in [0.3, 0.4) is 0 Å². The molecule has 1 N–H and O–H groups in total. The standard InChI is InChI=1S/C20H25NO3/c22-20-15-19(24-16-17-5-2-1-3-6-17)9-8-18(20)7-4-10-21-11-13-23-14-12-21/h1-3,5-6,8-9,15,22H,4,7,10-14,16H2.